The second-order valence-electron chi connectivity index (χ2n) is 25.2. The second-order valence-corrected chi connectivity index (χ2v) is 28.1. The molecule has 5 atom stereocenters. The van der Waals surface area contributed by atoms with Gasteiger partial charge >= 0.3 is 39.5 Å². The molecule has 0 amide bonds. The van der Waals surface area contributed by atoms with E-state index in [0.29, 0.717) is 25.7 Å². The maximum absolute atomic E-state index is 13.0. The topological polar surface area (TPSA) is 237 Å². The summed E-state index contributed by atoms with van der Waals surface area (Å²) >= 11 is 0. The van der Waals surface area contributed by atoms with E-state index in [0.717, 1.165) is 115 Å². The minimum Gasteiger partial charge on any atom is -0.462 e. The Bertz CT molecular complexity index is 1680. The molecule has 0 radical (unpaired) electrons. The number of unbranched alkanes of at least 4 members (excludes halogenated alkanes) is 36. The van der Waals surface area contributed by atoms with Crippen LogP contribution in [0, 0.1) is 11.8 Å². The van der Waals surface area contributed by atoms with Crippen LogP contribution in [0.5, 0.6) is 0 Å². The van der Waals surface area contributed by atoms with Gasteiger partial charge in [-0.25, -0.2) is 9.13 Å². The Hall–Kier alpha value is -1.94. The number of hydrogen-bond acceptors (Lipinski definition) is 15. The van der Waals surface area contributed by atoms with Gasteiger partial charge < -0.3 is 33.8 Å². The van der Waals surface area contributed by atoms with Crippen molar-refractivity contribution in [2.45, 2.75) is 355 Å². The number of phosphoric acid groups is 2. The van der Waals surface area contributed by atoms with Crippen LogP contribution in [-0.2, 0) is 65.4 Å². The molecule has 0 spiro atoms. The number of carbonyl (C=O) groups excluding carboxylic acids is 4. The van der Waals surface area contributed by atoms with E-state index in [2.05, 4.69) is 41.5 Å². The molecule has 0 aliphatic carbocycles. The average molecular weight is 1270 g/mol. The minimum atomic E-state index is -4.95. The predicted molar refractivity (Wildman–Crippen MR) is 345 cm³/mol. The fraction of sp³-hybridized carbons (Fsp3) is 0.940. The molecule has 0 saturated carbocycles. The number of carbonyl (C=O) groups is 4. The number of rotatable bonds is 66. The zero-order valence-corrected chi connectivity index (χ0v) is 57.4. The third-order valence-corrected chi connectivity index (χ3v) is 17.4. The van der Waals surface area contributed by atoms with Crippen molar-refractivity contribution in [2.24, 2.45) is 11.8 Å². The second kappa shape index (κ2) is 59.4. The minimum absolute atomic E-state index is 0.104. The molecular formula is C67H130O17P2. The molecule has 3 N–H and O–H groups in total. The van der Waals surface area contributed by atoms with E-state index in [1.54, 1.807) is 0 Å². The van der Waals surface area contributed by atoms with Crippen molar-refractivity contribution < 1.29 is 80.2 Å². The molecule has 2 unspecified atom stereocenters. The summed E-state index contributed by atoms with van der Waals surface area (Å²) in [5.41, 5.74) is 0. The Kier molecular flexibility index (Phi) is 58.0. The van der Waals surface area contributed by atoms with Gasteiger partial charge in [0.05, 0.1) is 26.4 Å². The monoisotopic (exact) mass is 1270 g/mol. The number of ether oxygens (including phenoxy) is 4. The highest BCUT2D eigenvalue weighted by molar-refractivity contribution is 7.47. The summed E-state index contributed by atoms with van der Waals surface area (Å²) < 4.78 is 68.0. The molecule has 0 bridgehead atoms. The number of esters is 4. The molecule has 510 valence electrons. The molecule has 0 aliphatic heterocycles. The van der Waals surface area contributed by atoms with Crippen LogP contribution in [0.25, 0.3) is 0 Å². The lowest BCUT2D eigenvalue weighted by Gasteiger charge is -2.21. The van der Waals surface area contributed by atoms with Crippen LogP contribution in [0.4, 0.5) is 0 Å². The zero-order chi connectivity index (χ0) is 63.6. The van der Waals surface area contributed by atoms with E-state index in [4.69, 9.17) is 37.0 Å². The molecule has 0 heterocycles. The van der Waals surface area contributed by atoms with Crippen LogP contribution in [0.1, 0.15) is 337 Å². The van der Waals surface area contributed by atoms with E-state index < -0.39 is 97.5 Å². The molecule has 0 saturated heterocycles. The molecule has 17 nitrogen and oxygen atoms in total. The van der Waals surface area contributed by atoms with Gasteiger partial charge in [0.15, 0.2) is 12.2 Å². The first kappa shape index (κ1) is 84.1. The summed E-state index contributed by atoms with van der Waals surface area (Å²) in [5.74, 6) is -0.690. The fourth-order valence-corrected chi connectivity index (χ4v) is 11.6. The average Bonchev–Trinajstić information content (AvgIpc) is 3.62. The van der Waals surface area contributed by atoms with Crippen molar-refractivity contribution in [2.75, 3.05) is 39.6 Å². The van der Waals surface area contributed by atoms with E-state index in [1.807, 2.05) is 0 Å². The van der Waals surface area contributed by atoms with Gasteiger partial charge in [-0.05, 0) is 37.5 Å². The summed E-state index contributed by atoms with van der Waals surface area (Å²) in [6.45, 7) is 9.41. The van der Waals surface area contributed by atoms with Gasteiger partial charge in [0.1, 0.15) is 19.3 Å². The highest BCUT2D eigenvalue weighted by Crippen LogP contribution is 2.45. The summed E-state index contributed by atoms with van der Waals surface area (Å²) in [4.78, 5) is 72.2. The molecule has 0 fully saturated rings. The Morgan fingerprint density at radius 2 is 0.535 bits per heavy atom. The lowest BCUT2D eigenvalue weighted by molar-refractivity contribution is -0.161. The van der Waals surface area contributed by atoms with Gasteiger partial charge in [0.2, 0.25) is 0 Å². The summed E-state index contributed by atoms with van der Waals surface area (Å²) in [5, 5.41) is 10.5. The standard InChI is InChI=1S/C67H130O17P2/c1-7-9-11-13-15-16-17-18-19-20-21-22-23-24-33-39-45-51-66(71)83-63(56-78-65(70)50-44-38-32-27-25-30-35-41-47-59(3)4)58-82-86(75,76)80-54-61(68)53-79-85(73,74)81-57-62(55-77-64(69)49-43-37-29-14-12-10-8-2)84-67(72)52-46-40-34-28-26-31-36-42-48-60(5)6/h59-63,68H,7-58H2,1-6H3,(H,73,74)(H,75,76)/t61-,62+,63+/m0/s1. The first-order chi connectivity index (χ1) is 41.4. The van der Waals surface area contributed by atoms with Crippen LogP contribution in [0.2, 0.25) is 0 Å². The SMILES string of the molecule is CCCCCCCCCCCCCCCCCCCC(=O)O[C@H](COC(=O)CCCCCCCCCCC(C)C)COP(=O)(O)OC[C@@H](O)COP(=O)(O)OC[C@@H](COC(=O)CCCCCCCCC)OC(=O)CCCCCCCCCCC(C)C. The van der Waals surface area contributed by atoms with E-state index in [-0.39, 0.29) is 25.7 Å². The van der Waals surface area contributed by atoms with Crippen molar-refractivity contribution in [1.82, 2.24) is 0 Å². The van der Waals surface area contributed by atoms with E-state index in [1.165, 1.54) is 141 Å². The van der Waals surface area contributed by atoms with Gasteiger partial charge in [-0.3, -0.25) is 37.3 Å². The van der Waals surface area contributed by atoms with Crippen LogP contribution in [-0.4, -0.2) is 96.7 Å². The Balaban J connectivity index is 5.19. The summed E-state index contributed by atoms with van der Waals surface area (Å²) in [6.07, 6.45) is 43.3. The summed E-state index contributed by atoms with van der Waals surface area (Å²) in [6, 6.07) is 0. The Labute approximate surface area is 524 Å². The third-order valence-electron chi connectivity index (χ3n) is 15.5. The van der Waals surface area contributed by atoms with Gasteiger partial charge in [-0.2, -0.15) is 0 Å². The first-order valence-electron chi connectivity index (χ1n) is 35.0. The number of aliphatic hydroxyl groups is 1. The van der Waals surface area contributed by atoms with Gasteiger partial charge in [-0.15, -0.1) is 0 Å². The molecule has 19 heteroatoms. The van der Waals surface area contributed by atoms with E-state index >= 15 is 0 Å². The number of hydrogen-bond donors (Lipinski definition) is 3. The van der Waals surface area contributed by atoms with E-state index in [9.17, 15) is 43.2 Å². The van der Waals surface area contributed by atoms with Crippen LogP contribution < -0.4 is 0 Å². The van der Waals surface area contributed by atoms with Crippen molar-refractivity contribution >= 4 is 39.5 Å². The molecule has 0 aromatic rings. The molecule has 0 aromatic carbocycles. The maximum atomic E-state index is 13.0. The molecule has 86 heavy (non-hydrogen) atoms. The molecule has 0 rings (SSSR count). The van der Waals surface area contributed by atoms with Gasteiger partial charge in [0.25, 0.3) is 0 Å². The third kappa shape index (κ3) is 60.9. The van der Waals surface area contributed by atoms with Crippen molar-refractivity contribution in [3.63, 3.8) is 0 Å². The lowest BCUT2D eigenvalue weighted by atomic mass is 10.0. The van der Waals surface area contributed by atoms with Crippen molar-refractivity contribution in [3.8, 4) is 0 Å². The fourth-order valence-electron chi connectivity index (χ4n) is 10.1. The van der Waals surface area contributed by atoms with Gasteiger partial charge in [-0.1, -0.05) is 286 Å². The Morgan fingerprint density at radius 1 is 0.314 bits per heavy atom. The zero-order valence-electron chi connectivity index (χ0n) is 55.6. The Morgan fingerprint density at radius 3 is 0.791 bits per heavy atom. The summed E-state index contributed by atoms with van der Waals surface area (Å²) in [7, 11) is -9.89. The highest BCUT2D eigenvalue weighted by atomic mass is 31.2. The lowest BCUT2D eigenvalue weighted by Crippen LogP contribution is -2.30. The van der Waals surface area contributed by atoms with Crippen molar-refractivity contribution in [3.05, 3.63) is 0 Å². The van der Waals surface area contributed by atoms with Gasteiger partial charge in [0, 0.05) is 25.7 Å². The number of phosphoric ester groups is 2. The molecular weight excluding hydrogens is 1140 g/mol. The van der Waals surface area contributed by atoms with Crippen LogP contribution >= 0.6 is 15.6 Å². The predicted octanol–water partition coefficient (Wildman–Crippen LogP) is 18.8. The van der Waals surface area contributed by atoms with Crippen LogP contribution in [0.3, 0.4) is 0 Å². The maximum Gasteiger partial charge on any atom is 0.472 e. The smallest absolute Gasteiger partial charge is 0.462 e. The van der Waals surface area contributed by atoms with Crippen molar-refractivity contribution in [1.29, 1.82) is 0 Å². The quantitative estimate of drug-likeness (QED) is 0.0222. The normalized spacial score (nSPS) is 14.2. The molecule has 0 aliphatic rings. The first-order valence-corrected chi connectivity index (χ1v) is 38.0. The highest BCUT2D eigenvalue weighted by Gasteiger charge is 2.30. The molecule has 0 aromatic heterocycles. The number of aliphatic hydroxyl groups excluding tert-OH is 1. The largest absolute Gasteiger partial charge is 0.472 e. The van der Waals surface area contributed by atoms with Crippen LogP contribution in [0.15, 0.2) is 0 Å².